The molecule has 0 unspecified atom stereocenters. The molecule has 1 aromatic rings. The summed E-state index contributed by atoms with van der Waals surface area (Å²) >= 11 is 0. The van der Waals surface area contributed by atoms with E-state index in [0.717, 1.165) is 57.8 Å². The van der Waals surface area contributed by atoms with Crippen LogP contribution >= 0.6 is 24.0 Å². The molecule has 1 aromatic heterocycles. The summed E-state index contributed by atoms with van der Waals surface area (Å²) in [5.74, 6) is 2.78. The standard InChI is InChI=1S/C22H40N6O3.HI/c1-7-23-20(24-13-9-10-19-25-17(3)26-31-19)28-14-11-18(12-15-28)16-27(8-2)21(29)30-22(4,5)6;/h18H,7-16H2,1-6H3,(H,23,24);1H. The zero-order valence-electron chi connectivity index (χ0n) is 20.5. The van der Waals surface area contributed by atoms with Gasteiger partial charge < -0.3 is 24.4 Å². The normalized spacial score (nSPS) is 15.3. The maximum Gasteiger partial charge on any atom is 0.410 e. The first kappa shape index (κ1) is 28.4. The van der Waals surface area contributed by atoms with Gasteiger partial charge in [-0.05, 0) is 66.7 Å². The Bertz CT molecular complexity index is 711. The van der Waals surface area contributed by atoms with E-state index in [4.69, 9.17) is 14.3 Å². The minimum Gasteiger partial charge on any atom is -0.444 e. The molecule has 0 atom stereocenters. The molecule has 0 spiro atoms. The highest BCUT2D eigenvalue weighted by Gasteiger charge is 2.27. The van der Waals surface area contributed by atoms with Gasteiger partial charge in [0.15, 0.2) is 11.8 Å². The lowest BCUT2D eigenvalue weighted by molar-refractivity contribution is 0.0214. The Morgan fingerprint density at radius 2 is 2.00 bits per heavy atom. The fourth-order valence-corrected chi connectivity index (χ4v) is 3.58. The van der Waals surface area contributed by atoms with E-state index >= 15 is 0 Å². The van der Waals surface area contributed by atoms with Crippen molar-refractivity contribution in [3.63, 3.8) is 0 Å². The molecule has 0 saturated carbocycles. The van der Waals surface area contributed by atoms with Crippen LogP contribution in [0.1, 0.15) is 65.6 Å². The average molecular weight is 565 g/mol. The third-order valence-electron chi connectivity index (χ3n) is 5.14. The highest BCUT2D eigenvalue weighted by Crippen LogP contribution is 2.20. The highest BCUT2D eigenvalue weighted by molar-refractivity contribution is 14.0. The minimum atomic E-state index is -0.465. The van der Waals surface area contributed by atoms with Gasteiger partial charge in [0.2, 0.25) is 5.89 Å². The van der Waals surface area contributed by atoms with E-state index in [1.165, 1.54) is 0 Å². The number of ether oxygens (including phenoxy) is 1. The van der Waals surface area contributed by atoms with E-state index in [9.17, 15) is 4.79 Å². The first-order chi connectivity index (χ1) is 14.7. The van der Waals surface area contributed by atoms with Crippen LogP contribution in [0.2, 0.25) is 0 Å². The van der Waals surface area contributed by atoms with Crippen LogP contribution < -0.4 is 5.32 Å². The average Bonchev–Trinajstić information content (AvgIpc) is 3.12. The SMILES string of the molecule is CCNC(=NCCCc1nc(C)no1)N1CCC(CN(CC)C(=O)OC(C)(C)C)CC1.I. The van der Waals surface area contributed by atoms with Crippen molar-refractivity contribution in [1.82, 2.24) is 25.3 Å². The smallest absolute Gasteiger partial charge is 0.410 e. The summed E-state index contributed by atoms with van der Waals surface area (Å²) in [4.78, 5) is 25.6. The number of carbonyl (C=O) groups excluding carboxylic acids is 1. The van der Waals surface area contributed by atoms with Gasteiger partial charge in [0, 0.05) is 45.7 Å². The topological polar surface area (TPSA) is 96.1 Å². The number of nitrogens with one attached hydrogen (secondary N) is 1. The molecule has 0 aromatic carbocycles. The molecule has 0 radical (unpaired) electrons. The number of aliphatic imine (C=N–C) groups is 1. The number of carbonyl (C=O) groups is 1. The van der Waals surface area contributed by atoms with Gasteiger partial charge in [0.05, 0.1) is 0 Å². The molecule has 2 rings (SSSR count). The van der Waals surface area contributed by atoms with Crippen LogP contribution in [0.5, 0.6) is 0 Å². The molecule has 9 nitrogen and oxygen atoms in total. The van der Waals surface area contributed by atoms with E-state index in [1.54, 1.807) is 0 Å². The largest absolute Gasteiger partial charge is 0.444 e. The monoisotopic (exact) mass is 564 g/mol. The maximum atomic E-state index is 12.4. The summed E-state index contributed by atoms with van der Waals surface area (Å²) in [6.07, 6.45) is 3.46. The molecule has 1 fully saturated rings. The van der Waals surface area contributed by atoms with Gasteiger partial charge >= 0.3 is 6.09 Å². The molecule has 1 amide bonds. The van der Waals surface area contributed by atoms with Crippen LogP contribution in [0, 0.1) is 12.8 Å². The lowest BCUT2D eigenvalue weighted by atomic mass is 9.96. The van der Waals surface area contributed by atoms with E-state index in [1.807, 2.05) is 39.5 Å². The Kier molecular flexibility index (Phi) is 12.3. The van der Waals surface area contributed by atoms with Gasteiger partial charge in [-0.15, -0.1) is 24.0 Å². The number of hydrogen-bond donors (Lipinski definition) is 1. The molecular weight excluding hydrogens is 523 g/mol. The summed E-state index contributed by atoms with van der Waals surface area (Å²) in [7, 11) is 0. The second kappa shape index (κ2) is 13.8. The van der Waals surface area contributed by atoms with E-state index in [-0.39, 0.29) is 30.1 Å². The molecule has 184 valence electrons. The molecular formula is C22H41IN6O3. The fraction of sp³-hybridized carbons (Fsp3) is 0.818. The second-order valence-corrected chi connectivity index (χ2v) is 9.02. The predicted octanol–water partition coefficient (Wildman–Crippen LogP) is 3.86. The zero-order valence-corrected chi connectivity index (χ0v) is 22.8. The molecule has 0 aliphatic carbocycles. The van der Waals surface area contributed by atoms with Crippen molar-refractivity contribution in [2.75, 3.05) is 39.3 Å². The Labute approximate surface area is 209 Å². The van der Waals surface area contributed by atoms with Gasteiger partial charge in [-0.25, -0.2) is 4.79 Å². The molecule has 1 aliphatic heterocycles. The summed E-state index contributed by atoms with van der Waals surface area (Å²) in [5, 5.41) is 7.23. The number of hydrogen-bond acceptors (Lipinski definition) is 6. The number of aromatic nitrogens is 2. The van der Waals surface area contributed by atoms with Gasteiger partial charge in [-0.1, -0.05) is 5.16 Å². The van der Waals surface area contributed by atoms with Crippen LogP contribution in [-0.2, 0) is 11.2 Å². The number of piperidine rings is 1. The number of amides is 1. The number of guanidine groups is 1. The maximum absolute atomic E-state index is 12.4. The highest BCUT2D eigenvalue weighted by atomic mass is 127. The third kappa shape index (κ3) is 9.91. The minimum absolute atomic E-state index is 0. The molecule has 1 N–H and O–H groups in total. The molecule has 10 heteroatoms. The molecule has 2 heterocycles. The van der Waals surface area contributed by atoms with Crippen LogP contribution in [0.3, 0.4) is 0 Å². The van der Waals surface area contributed by atoms with Crippen molar-refractivity contribution < 1.29 is 14.1 Å². The van der Waals surface area contributed by atoms with Crippen LogP contribution in [-0.4, -0.2) is 76.9 Å². The second-order valence-electron chi connectivity index (χ2n) is 9.02. The Morgan fingerprint density at radius 1 is 1.31 bits per heavy atom. The lowest BCUT2D eigenvalue weighted by Crippen LogP contribution is -2.48. The number of likely N-dealkylation sites (tertiary alicyclic amines) is 1. The Morgan fingerprint density at radius 3 is 2.53 bits per heavy atom. The van der Waals surface area contributed by atoms with E-state index in [2.05, 4.69) is 27.3 Å². The number of aryl methyl sites for hydroxylation is 2. The van der Waals surface area contributed by atoms with Gasteiger partial charge in [-0.3, -0.25) is 4.99 Å². The van der Waals surface area contributed by atoms with Crippen molar-refractivity contribution in [2.45, 2.75) is 72.8 Å². The zero-order chi connectivity index (χ0) is 22.9. The van der Waals surface area contributed by atoms with Crippen molar-refractivity contribution in [1.29, 1.82) is 0 Å². The lowest BCUT2D eigenvalue weighted by Gasteiger charge is -2.36. The van der Waals surface area contributed by atoms with Gasteiger partial charge in [-0.2, -0.15) is 4.98 Å². The quantitative estimate of drug-likeness (QED) is 0.222. The van der Waals surface area contributed by atoms with Crippen LogP contribution in [0.15, 0.2) is 9.52 Å². The molecule has 1 saturated heterocycles. The van der Waals surface area contributed by atoms with E-state index < -0.39 is 5.60 Å². The molecule has 32 heavy (non-hydrogen) atoms. The van der Waals surface area contributed by atoms with Crippen LogP contribution in [0.4, 0.5) is 4.79 Å². The first-order valence-corrected chi connectivity index (χ1v) is 11.5. The van der Waals surface area contributed by atoms with Crippen molar-refractivity contribution in [3.05, 3.63) is 11.7 Å². The summed E-state index contributed by atoms with van der Waals surface area (Å²) in [6.45, 7) is 16.5. The van der Waals surface area contributed by atoms with Crippen molar-refractivity contribution in [2.24, 2.45) is 10.9 Å². The Balaban J connectivity index is 0.00000512. The third-order valence-corrected chi connectivity index (χ3v) is 5.14. The van der Waals surface area contributed by atoms with Gasteiger partial charge in [0.1, 0.15) is 5.60 Å². The summed E-state index contributed by atoms with van der Waals surface area (Å²) in [6, 6.07) is 0. The first-order valence-electron chi connectivity index (χ1n) is 11.5. The molecule has 1 aliphatic rings. The van der Waals surface area contributed by atoms with Crippen molar-refractivity contribution in [3.8, 4) is 0 Å². The summed E-state index contributed by atoms with van der Waals surface area (Å²) < 4.78 is 10.7. The summed E-state index contributed by atoms with van der Waals surface area (Å²) in [5.41, 5.74) is -0.465. The predicted molar refractivity (Wildman–Crippen MR) is 137 cm³/mol. The number of rotatable bonds is 8. The van der Waals surface area contributed by atoms with Crippen molar-refractivity contribution >= 4 is 36.0 Å². The number of halogens is 1. The molecule has 0 bridgehead atoms. The van der Waals surface area contributed by atoms with E-state index in [0.29, 0.717) is 30.7 Å². The van der Waals surface area contributed by atoms with Crippen LogP contribution in [0.25, 0.3) is 0 Å². The Hall–Kier alpha value is -1.59. The number of nitrogens with zero attached hydrogens (tertiary/aromatic N) is 5. The fourth-order valence-electron chi connectivity index (χ4n) is 3.58. The van der Waals surface area contributed by atoms with Gasteiger partial charge in [0.25, 0.3) is 0 Å².